The second-order valence-electron chi connectivity index (χ2n) is 6.45. The van der Waals surface area contributed by atoms with Crippen LogP contribution in [0.1, 0.15) is 23.3 Å². The molecule has 3 heterocycles. The van der Waals surface area contributed by atoms with Crippen LogP contribution in [0.3, 0.4) is 0 Å². The smallest absolute Gasteiger partial charge is 0.271 e. The zero-order chi connectivity index (χ0) is 18.6. The quantitative estimate of drug-likeness (QED) is 0.744. The topological polar surface area (TPSA) is 71.1 Å². The van der Waals surface area contributed by atoms with E-state index in [1.807, 2.05) is 47.4 Å². The van der Waals surface area contributed by atoms with E-state index >= 15 is 0 Å². The zero-order valence-electron chi connectivity index (χ0n) is 14.6. The lowest BCUT2D eigenvalue weighted by molar-refractivity contribution is 0.0590. The van der Waals surface area contributed by atoms with Gasteiger partial charge in [0.15, 0.2) is 0 Å². The maximum Gasteiger partial charge on any atom is 0.271 e. The summed E-state index contributed by atoms with van der Waals surface area (Å²) in [5, 5.41) is 7.73. The molecular weight excluding hydrogens is 364 g/mol. The minimum Gasteiger partial charge on any atom is -0.490 e. The number of hydrogen-bond acceptors (Lipinski definition) is 4. The van der Waals surface area contributed by atoms with Crippen LogP contribution in [0.25, 0.3) is 11.4 Å². The fraction of sp³-hybridized carbons (Fsp3) is 0.250. The SMILES string of the molecule is O=C(c1cc(-c2ccccn2)n[nH]1)N1CCC(Oc2ccc(Cl)cc2)CC1. The van der Waals surface area contributed by atoms with Gasteiger partial charge in [0.05, 0.1) is 5.69 Å². The van der Waals surface area contributed by atoms with Gasteiger partial charge >= 0.3 is 0 Å². The fourth-order valence-electron chi connectivity index (χ4n) is 3.13. The highest BCUT2D eigenvalue weighted by molar-refractivity contribution is 6.30. The number of carbonyl (C=O) groups is 1. The molecule has 0 radical (unpaired) electrons. The van der Waals surface area contributed by atoms with E-state index in [0.717, 1.165) is 24.3 Å². The number of hydrogen-bond donors (Lipinski definition) is 1. The number of halogens is 1. The molecule has 1 aliphatic rings. The number of rotatable bonds is 4. The highest BCUT2D eigenvalue weighted by Crippen LogP contribution is 2.22. The molecule has 2 aromatic heterocycles. The average molecular weight is 383 g/mol. The summed E-state index contributed by atoms with van der Waals surface area (Å²) in [6, 6.07) is 14.7. The van der Waals surface area contributed by atoms with Gasteiger partial charge in [-0.05, 0) is 42.5 Å². The molecule has 0 saturated carbocycles. The summed E-state index contributed by atoms with van der Waals surface area (Å²) < 4.78 is 5.98. The Morgan fingerprint density at radius 2 is 1.89 bits per heavy atom. The van der Waals surface area contributed by atoms with Gasteiger partial charge in [0.25, 0.3) is 5.91 Å². The molecular formula is C20H19ClN4O2. The first-order valence-corrected chi connectivity index (χ1v) is 9.25. The third kappa shape index (κ3) is 4.11. The Hall–Kier alpha value is -2.86. The first kappa shape index (κ1) is 17.5. The van der Waals surface area contributed by atoms with Crippen molar-refractivity contribution in [1.82, 2.24) is 20.1 Å². The van der Waals surface area contributed by atoms with Gasteiger partial charge in [-0.25, -0.2) is 0 Å². The third-order valence-corrected chi connectivity index (χ3v) is 4.83. The molecule has 6 nitrogen and oxygen atoms in total. The second kappa shape index (κ2) is 7.80. The van der Waals surface area contributed by atoms with Gasteiger partial charge < -0.3 is 9.64 Å². The predicted octanol–water partition coefficient (Wildman–Crippen LogP) is 3.81. The third-order valence-electron chi connectivity index (χ3n) is 4.58. The van der Waals surface area contributed by atoms with Crippen LogP contribution in [-0.4, -0.2) is 45.2 Å². The van der Waals surface area contributed by atoms with Crippen molar-refractivity contribution in [3.05, 3.63) is 65.4 Å². The van der Waals surface area contributed by atoms with E-state index in [0.29, 0.717) is 29.5 Å². The zero-order valence-corrected chi connectivity index (χ0v) is 15.4. The highest BCUT2D eigenvalue weighted by atomic mass is 35.5. The van der Waals surface area contributed by atoms with Crippen molar-refractivity contribution in [2.24, 2.45) is 0 Å². The molecule has 0 atom stereocenters. The molecule has 1 fully saturated rings. The molecule has 7 heteroatoms. The molecule has 4 rings (SSSR count). The van der Waals surface area contributed by atoms with Crippen LogP contribution in [0.5, 0.6) is 5.75 Å². The molecule has 0 unspecified atom stereocenters. The summed E-state index contributed by atoms with van der Waals surface area (Å²) in [4.78, 5) is 18.8. The molecule has 1 amide bonds. The van der Waals surface area contributed by atoms with Crippen molar-refractivity contribution in [3.8, 4) is 17.1 Å². The Morgan fingerprint density at radius 1 is 1.11 bits per heavy atom. The van der Waals surface area contributed by atoms with Gasteiger partial charge in [0, 0.05) is 37.2 Å². The van der Waals surface area contributed by atoms with Gasteiger partial charge in [-0.1, -0.05) is 17.7 Å². The van der Waals surface area contributed by atoms with E-state index in [-0.39, 0.29) is 12.0 Å². The number of nitrogens with zero attached hydrogens (tertiary/aromatic N) is 3. The van der Waals surface area contributed by atoms with E-state index in [9.17, 15) is 4.79 Å². The minimum absolute atomic E-state index is 0.0466. The lowest BCUT2D eigenvalue weighted by Crippen LogP contribution is -2.41. The summed E-state index contributed by atoms with van der Waals surface area (Å²) in [7, 11) is 0. The van der Waals surface area contributed by atoms with Crippen molar-refractivity contribution in [1.29, 1.82) is 0 Å². The normalized spacial score (nSPS) is 14.9. The summed E-state index contributed by atoms with van der Waals surface area (Å²) in [5.41, 5.74) is 1.88. The lowest BCUT2D eigenvalue weighted by atomic mass is 10.1. The van der Waals surface area contributed by atoms with Crippen LogP contribution < -0.4 is 4.74 Å². The number of aromatic amines is 1. The fourth-order valence-corrected chi connectivity index (χ4v) is 3.26. The number of amides is 1. The van der Waals surface area contributed by atoms with Crippen LogP contribution in [0.4, 0.5) is 0 Å². The monoisotopic (exact) mass is 382 g/mol. The van der Waals surface area contributed by atoms with Gasteiger partial charge in [-0.2, -0.15) is 5.10 Å². The van der Waals surface area contributed by atoms with E-state index in [2.05, 4.69) is 15.2 Å². The molecule has 1 aromatic carbocycles. The standard InChI is InChI=1S/C20H19ClN4O2/c21-14-4-6-15(7-5-14)27-16-8-11-25(12-9-16)20(26)19-13-18(23-24-19)17-3-1-2-10-22-17/h1-7,10,13,16H,8-9,11-12H2,(H,23,24). The maximum absolute atomic E-state index is 12.7. The molecule has 27 heavy (non-hydrogen) atoms. The molecule has 3 aromatic rings. The number of nitrogens with one attached hydrogen (secondary N) is 1. The number of pyridine rings is 1. The van der Waals surface area contributed by atoms with E-state index in [1.165, 1.54) is 0 Å². The van der Waals surface area contributed by atoms with Gasteiger partial charge in [0.2, 0.25) is 0 Å². The van der Waals surface area contributed by atoms with Crippen LogP contribution in [-0.2, 0) is 0 Å². The summed E-state index contributed by atoms with van der Waals surface area (Å²) in [6.07, 6.45) is 3.38. The van der Waals surface area contributed by atoms with Gasteiger partial charge in [-0.3, -0.25) is 14.9 Å². The van der Waals surface area contributed by atoms with Crippen molar-refractivity contribution in [3.63, 3.8) is 0 Å². The maximum atomic E-state index is 12.7. The number of H-pyrrole nitrogens is 1. The molecule has 0 spiro atoms. The lowest BCUT2D eigenvalue weighted by Gasteiger charge is -2.31. The first-order chi connectivity index (χ1) is 13.2. The molecule has 0 aliphatic carbocycles. The van der Waals surface area contributed by atoms with Gasteiger partial charge in [0.1, 0.15) is 23.2 Å². The van der Waals surface area contributed by atoms with E-state index < -0.39 is 0 Å². The van der Waals surface area contributed by atoms with Crippen molar-refractivity contribution in [2.45, 2.75) is 18.9 Å². The number of aromatic nitrogens is 3. The molecule has 1 aliphatic heterocycles. The van der Waals surface area contributed by atoms with Crippen LogP contribution in [0.15, 0.2) is 54.7 Å². The Labute approximate surface area is 162 Å². The Morgan fingerprint density at radius 3 is 2.59 bits per heavy atom. The van der Waals surface area contributed by atoms with Crippen LogP contribution in [0, 0.1) is 0 Å². The van der Waals surface area contributed by atoms with Crippen LogP contribution >= 0.6 is 11.6 Å². The van der Waals surface area contributed by atoms with Crippen molar-refractivity contribution >= 4 is 17.5 Å². The first-order valence-electron chi connectivity index (χ1n) is 8.87. The van der Waals surface area contributed by atoms with Gasteiger partial charge in [-0.15, -0.1) is 0 Å². The number of piperidine rings is 1. The summed E-state index contributed by atoms with van der Waals surface area (Å²) in [6.45, 7) is 1.30. The Balaban J connectivity index is 1.35. The molecule has 1 saturated heterocycles. The predicted molar refractivity (Wildman–Crippen MR) is 103 cm³/mol. The number of benzene rings is 1. The summed E-state index contributed by atoms with van der Waals surface area (Å²) >= 11 is 5.90. The Bertz CT molecular complexity index is 903. The van der Waals surface area contributed by atoms with Crippen molar-refractivity contribution in [2.75, 3.05) is 13.1 Å². The molecule has 1 N–H and O–H groups in total. The largest absolute Gasteiger partial charge is 0.490 e. The minimum atomic E-state index is -0.0466. The average Bonchev–Trinajstić information content (AvgIpc) is 3.21. The van der Waals surface area contributed by atoms with Crippen molar-refractivity contribution < 1.29 is 9.53 Å². The number of carbonyl (C=O) groups excluding carboxylic acids is 1. The molecule has 138 valence electrons. The highest BCUT2D eigenvalue weighted by Gasteiger charge is 2.26. The number of likely N-dealkylation sites (tertiary alicyclic amines) is 1. The molecule has 0 bridgehead atoms. The van der Waals surface area contributed by atoms with Crippen LogP contribution in [0.2, 0.25) is 5.02 Å². The Kier molecular flexibility index (Phi) is 5.07. The van der Waals surface area contributed by atoms with E-state index in [1.54, 1.807) is 12.3 Å². The van der Waals surface area contributed by atoms with E-state index in [4.69, 9.17) is 16.3 Å². The summed E-state index contributed by atoms with van der Waals surface area (Å²) in [5.74, 6) is 0.757. The second-order valence-corrected chi connectivity index (χ2v) is 6.88. The number of ether oxygens (including phenoxy) is 1.